The first-order valence-corrected chi connectivity index (χ1v) is 9.04. The molecule has 26 heavy (non-hydrogen) atoms. The zero-order chi connectivity index (χ0) is 19.1. The number of unbranched alkanes of at least 4 members (excludes halogenated alkanes) is 3. The Morgan fingerprint density at radius 2 is 1.08 bits per heavy atom. The average Bonchev–Trinajstić information content (AvgIpc) is 2.60. The molecule has 0 radical (unpaired) electrons. The molecule has 0 atom stereocenters. The van der Waals surface area contributed by atoms with Gasteiger partial charge in [0, 0.05) is 0 Å². The van der Waals surface area contributed by atoms with Crippen LogP contribution in [0.5, 0.6) is 11.5 Å². The van der Waals surface area contributed by atoms with Crippen LogP contribution in [0.15, 0.2) is 36.4 Å². The number of phenols is 2. The molecule has 4 nitrogen and oxygen atoms in total. The topological polar surface area (TPSA) is 74.6 Å². The summed E-state index contributed by atoms with van der Waals surface area (Å²) in [7, 11) is 0. The third kappa shape index (κ3) is 5.45. The Morgan fingerprint density at radius 3 is 1.42 bits per heavy atom. The zero-order valence-electron chi connectivity index (χ0n) is 15.4. The van der Waals surface area contributed by atoms with Gasteiger partial charge in [-0.3, -0.25) is 9.59 Å². The second-order valence-corrected chi connectivity index (χ2v) is 6.73. The van der Waals surface area contributed by atoms with E-state index < -0.39 is 0 Å². The molecule has 138 valence electrons. The summed E-state index contributed by atoms with van der Waals surface area (Å²) >= 11 is 0. The Morgan fingerprint density at radius 1 is 0.692 bits per heavy atom. The largest absolute Gasteiger partial charge is 0.507 e. The number of aromatic hydroxyl groups is 2. The molecule has 2 rings (SSSR count). The molecule has 0 saturated heterocycles. The highest BCUT2D eigenvalue weighted by molar-refractivity contribution is 5.97. The first kappa shape index (κ1) is 19.7. The van der Waals surface area contributed by atoms with E-state index in [0.717, 1.165) is 49.7 Å². The fraction of sp³-hybridized carbons (Fsp3) is 0.364. The van der Waals surface area contributed by atoms with Gasteiger partial charge in [0.25, 0.3) is 0 Å². The Balaban J connectivity index is 1.75. The Hall–Kier alpha value is -2.62. The Bertz CT molecular complexity index is 725. The van der Waals surface area contributed by atoms with E-state index in [1.807, 2.05) is 12.1 Å². The molecule has 2 N–H and O–H groups in total. The van der Waals surface area contributed by atoms with E-state index in [1.54, 1.807) is 24.3 Å². The van der Waals surface area contributed by atoms with Crippen molar-refractivity contribution in [1.82, 2.24) is 0 Å². The van der Waals surface area contributed by atoms with E-state index in [0.29, 0.717) is 11.1 Å². The molecule has 0 aliphatic carbocycles. The van der Waals surface area contributed by atoms with Gasteiger partial charge in [0.15, 0.2) is 11.6 Å². The number of rotatable bonds is 9. The van der Waals surface area contributed by atoms with Gasteiger partial charge < -0.3 is 10.2 Å². The predicted molar refractivity (Wildman–Crippen MR) is 102 cm³/mol. The number of benzene rings is 2. The predicted octanol–water partition coefficient (Wildman–Crippen LogP) is 4.85. The number of phenolic OH excluding ortho intramolecular Hbond substituents is 2. The number of carbonyl (C=O) groups excluding carboxylic acids is 2. The van der Waals surface area contributed by atoms with Crippen LogP contribution in [0.25, 0.3) is 0 Å². The average molecular weight is 354 g/mol. The molecule has 0 aromatic heterocycles. The van der Waals surface area contributed by atoms with Gasteiger partial charge in [-0.1, -0.05) is 25.0 Å². The monoisotopic (exact) mass is 354 g/mol. The van der Waals surface area contributed by atoms with Crippen LogP contribution < -0.4 is 0 Å². The van der Waals surface area contributed by atoms with Crippen LogP contribution in [-0.4, -0.2) is 21.8 Å². The number of hydrogen-bond donors (Lipinski definition) is 2. The second-order valence-electron chi connectivity index (χ2n) is 6.73. The summed E-state index contributed by atoms with van der Waals surface area (Å²) in [5.41, 5.74) is 2.91. The molecule has 0 fully saturated rings. The zero-order valence-corrected chi connectivity index (χ0v) is 15.4. The SMILES string of the molecule is CC(=O)c1cc(CCCCCCc2ccc(O)c(C(C)=O)c2)ccc1O. The molecule has 0 spiro atoms. The summed E-state index contributed by atoms with van der Waals surface area (Å²) in [6.45, 7) is 2.92. The van der Waals surface area contributed by atoms with Gasteiger partial charge >= 0.3 is 0 Å². The van der Waals surface area contributed by atoms with E-state index in [1.165, 1.54) is 13.8 Å². The quantitative estimate of drug-likeness (QED) is 0.499. The van der Waals surface area contributed by atoms with Crippen LogP contribution in [0.1, 0.15) is 71.4 Å². The van der Waals surface area contributed by atoms with Crippen LogP contribution in [0.2, 0.25) is 0 Å². The van der Waals surface area contributed by atoms with Crippen molar-refractivity contribution < 1.29 is 19.8 Å². The molecular weight excluding hydrogens is 328 g/mol. The van der Waals surface area contributed by atoms with Crippen molar-refractivity contribution in [2.24, 2.45) is 0 Å². The smallest absolute Gasteiger partial charge is 0.163 e. The first-order valence-electron chi connectivity index (χ1n) is 9.04. The van der Waals surface area contributed by atoms with Gasteiger partial charge in [-0.15, -0.1) is 0 Å². The molecule has 0 bridgehead atoms. The number of carbonyl (C=O) groups is 2. The van der Waals surface area contributed by atoms with Gasteiger partial charge in [0.2, 0.25) is 0 Å². The highest BCUT2D eigenvalue weighted by atomic mass is 16.3. The molecule has 0 heterocycles. The van der Waals surface area contributed by atoms with Crippen molar-refractivity contribution in [1.29, 1.82) is 0 Å². The van der Waals surface area contributed by atoms with Gasteiger partial charge in [-0.2, -0.15) is 0 Å². The van der Waals surface area contributed by atoms with E-state index in [9.17, 15) is 19.8 Å². The Labute approximate surface area is 154 Å². The molecule has 0 amide bonds. The normalized spacial score (nSPS) is 10.7. The maximum Gasteiger partial charge on any atom is 0.163 e. The lowest BCUT2D eigenvalue weighted by atomic mass is 9.99. The van der Waals surface area contributed by atoms with Crippen molar-refractivity contribution in [3.63, 3.8) is 0 Å². The van der Waals surface area contributed by atoms with Gasteiger partial charge in [0.05, 0.1) is 11.1 Å². The Kier molecular flexibility index (Phi) is 6.96. The number of hydrogen-bond acceptors (Lipinski definition) is 4. The molecule has 0 saturated carbocycles. The maximum atomic E-state index is 11.5. The summed E-state index contributed by atoms with van der Waals surface area (Å²) in [6, 6.07) is 10.4. The molecular formula is C22H26O4. The van der Waals surface area contributed by atoms with Gasteiger partial charge in [0.1, 0.15) is 11.5 Å². The van der Waals surface area contributed by atoms with E-state index in [-0.39, 0.29) is 23.1 Å². The van der Waals surface area contributed by atoms with Crippen LogP contribution in [0, 0.1) is 0 Å². The van der Waals surface area contributed by atoms with E-state index >= 15 is 0 Å². The van der Waals surface area contributed by atoms with Crippen LogP contribution >= 0.6 is 0 Å². The lowest BCUT2D eigenvalue weighted by Gasteiger charge is -2.07. The van der Waals surface area contributed by atoms with Crippen LogP contribution in [0.4, 0.5) is 0 Å². The third-order valence-corrected chi connectivity index (χ3v) is 4.56. The minimum atomic E-state index is -0.122. The summed E-state index contributed by atoms with van der Waals surface area (Å²) < 4.78 is 0. The number of ketones is 2. The summed E-state index contributed by atoms with van der Waals surface area (Å²) in [5, 5.41) is 19.3. The minimum absolute atomic E-state index is 0.0417. The fourth-order valence-electron chi connectivity index (χ4n) is 3.05. The van der Waals surface area contributed by atoms with Crippen LogP contribution in [-0.2, 0) is 12.8 Å². The van der Waals surface area contributed by atoms with Crippen LogP contribution in [0.3, 0.4) is 0 Å². The standard InChI is InChI=1S/C22H26O4/c1-15(23)19-13-17(9-11-21(19)25)7-5-3-4-6-8-18-10-12-22(26)20(14-18)16(2)24/h9-14,25-26H,3-8H2,1-2H3. The van der Waals surface area contributed by atoms with E-state index in [2.05, 4.69) is 0 Å². The molecule has 0 unspecified atom stereocenters. The van der Waals surface area contributed by atoms with Gasteiger partial charge in [-0.25, -0.2) is 0 Å². The maximum absolute atomic E-state index is 11.5. The lowest BCUT2D eigenvalue weighted by Crippen LogP contribution is -1.96. The summed E-state index contributed by atoms with van der Waals surface area (Å²) in [6.07, 6.45) is 5.97. The third-order valence-electron chi connectivity index (χ3n) is 4.56. The second kappa shape index (κ2) is 9.18. The molecule has 2 aromatic carbocycles. The molecule has 0 aliphatic heterocycles. The van der Waals surface area contributed by atoms with E-state index in [4.69, 9.17) is 0 Å². The molecule has 4 heteroatoms. The highest BCUT2D eigenvalue weighted by Crippen LogP contribution is 2.22. The number of aryl methyl sites for hydroxylation is 2. The first-order chi connectivity index (χ1) is 12.4. The van der Waals surface area contributed by atoms with Crippen molar-refractivity contribution in [2.45, 2.75) is 52.4 Å². The highest BCUT2D eigenvalue weighted by Gasteiger charge is 2.08. The van der Waals surface area contributed by atoms with Crippen molar-refractivity contribution in [2.75, 3.05) is 0 Å². The fourth-order valence-corrected chi connectivity index (χ4v) is 3.05. The molecule has 0 aliphatic rings. The van der Waals surface area contributed by atoms with Gasteiger partial charge in [-0.05, 0) is 74.9 Å². The minimum Gasteiger partial charge on any atom is -0.507 e. The van der Waals surface area contributed by atoms with Crippen molar-refractivity contribution in [3.05, 3.63) is 58.7 Å². The van der Waals surface area contributed by atoms with Crippen molar-refractivity contribution >= 4 is 11.6 Å². The number of Topliss-reactive ketones (excluding diaryl/α,β-unsaturated/α-hetero) is 2. The molecule has 2 aromatic rings. The summed E-state index contributed by atoms with van der Waals surface area (Å²) in [5.74, 6) is -0.161. The summed E-state index contributed by atoms with van der Waals surface area (Å²) in [4.78, 5) is 22.9. The van der Waals surface area contributed by atoms with Crippen molar-refractivity contribution in [3.8, 4) is 11.5 Å². The lowest BCUT2D eigenvalue weighted by molar-refractivity contribution is 0.100.